The Bertz CT molecular complexity index is 616. The van der Waals surface area contributed by atoms with Crippen LogP contribution in [0.15, 0.2) is 24.4 Å². The van der Waals surface area contributed by atoms with Gasteiger partial charge in [0.25, 0.3) is 0 Å². The van der Waals surface area contributed by atoms with Crippen molar-refractivity contribution in [3.05, 3.63) is 47.0 Å². The highest BCUT2D eigenvalue weighted by Gasteiger charge is 2.07. The highest BCUT2D eigenvalue weighted by molar-refractivity contribution is 5.30. The largest absolute Gasteiger partial charge is 0.424 e. The van der Waals surface area contributed by atoms with Gasteiger partial charge in [-0.3, -0.25) is 0 Å². The zero-order valence-electron chi connectivity index (χ0n) is 12.6. The van der Waals surface area contributed by atoms with Crippen LogP contribution in [-0.4, -0.2) is 16.5 Å². The minimum absolute atomic E-state index is 0.231. The van der Waals surface area contributed by atoms with Gasteiger partial charge < -0.3 is 10.1 Å². The van der Waals surface area contributed by atoms with Gasteiger partial charge in [-0.2, -0.15) is 4.98 Å². The van der Waals surface area contributed by atoms with Gasteiger partial charge in [-0.05, 0) is 38.4 Å². The fourth-order valence-corrected chi connectivity index (χ4v) is 1.84. The second-order valence-corrected chi connectivity index (χ2v) is 4.95. The lowest BCUT2D eigenvalue weighted by atomic mass is 10.2. The highest BCUT2D eigenvalue weighted by atomic mass is 19.1. The molecule has 0 aliphatic rings. The maximum atomic E-state index is 13.5. The number of rotatable bonds is 6. The van der Waals surface area contributed by atoms with Gasteiger partial charge in [0.15, 0.2) is 0 Å². The maximum Gasteiger partial charge on any atom is 0.322 e. The van der Waals surface area contributed by atoms with Crippen LogP contribution in [0.4, 0.5) is 4.39 Å². The summed E-state index contributed by atoms with van der Waals surface area (Å²) in [6.07, 6.45) is 2.82. The highest BCUT2D eigenvalue weighted by Crippen LogP contribution is 2.21. The first-order chi connectivity index (χ1) is 10.1. The Balaban J connectivity index is 2.07. The van der Waals surface area contributed by atoms with E-state index in [4.69, 9.17) is 4.74 Å². The quantitative estimate of drug-likeness (QED) is 0.826. The second-order valence-electron chi connectivity index (χ2n) is 4.95. The molecule has 0 unspecified atom stereocenters. The Labute approximate surface area is 124 Å². The molecule has 0 aliphatic carbocycles. The lowest BCUT2D eigenvalue weighted by Crippen LogP contribution is -2.15. The minimum Gasteiger partial charge on any atom is -0.424 e. The van der Waals surface area contributed by atoms with Crippen molar-refractivity contribution in [2.75, 3.05) is 6.54 Å². The molecule has 0 spiro atoms. The normalized spacial score (nSPS) is 10.7. The third-order valence-electron chi connectivity index (χ3n) is 3.15. The number of benzene rings is 1. The van der Waals surface area contributed by atoms with Crippen molar-refractivity contribution >= 4 is 0 Å². The monoisotopic (exact) mass is 289 g/mol. The topological polar surface area (TPSA) is 47.0 Å². The summed E-state index contributed by atoms with van der Waals surface area (Å²) in [5, 5.41) is 3.30. The van der Waals surface area contributed by atoms with Gasteiger partial charge in [0.05, 0.1) is 0 Å². The first-order valence-electron chi connectivity index (χ1n) is 7.07. The van der Waals surface area contributed by atoms with Gasteiger partial charge in [0.2, 0.25) is 0 Å². The molecule has 21 heavy (non-hydrogen) atoms. The molecule has 1 aromatic carbocycles. The van der Waals surface area contributed by atoms with E-state index in [-0.39, 0.29) is 11.8 Å². The lowest BCUT2D eigenvalue weighted by Gasteiger charge is -2.09. The van der Waals surface area contributed by atoms with Crippen molar-refractivity contribution in [3.8, 4) is 11.8 Å². The molecule has 0 amide bonds. The molecule has 0 radical (unpaired) electrons. The third kappa shape index (κ3) is 4.23. The molecule has 1 heterocycles. The Morgan fingerprint density at radius 2 is 2.10 bits per heavy atom. The van der Waals surface area contributed by atoms with E-state index in [2.05, 4.69) is 22.2 Å². The van der Waals surface area contributed by atoms with Crippen LogP contribution in [0.5, 0.6) is 11.8 Å². The number of hydrogen-bond donors (Lipinski definition) is 1. The Kier molecular flexibility index (Phi) is 5.22. The van der Waals surface area contributed by atoms with Crippen molar-refractivity contribution in [3.63, 3.8) is 0 Å². The minimum atomic E-state index is -0.301. The van der Waals surface area contributed by atoms with Crippen molar-refractivity contribution in [2.24, 2.45) is 0 Å². The van der Waals surface area contributed by atoms with Crippen LogP contribution in [0.2, 0.25) is 0 Å². The molecule has 2 aromatic rings. The van der Waals surface area contributed by atoms with Crippen molar-refractivity contribution in [2.45, 2.75) is 33.7 Å². The summed E-state index contributed by atoms with van der Waals surface area (Å²) in [4.78, 5) is 8.47. The summed E-state index contributed by atoms with van der Waals surface area (Å²) < 4.78 is 19.0. The molecule has 0 atom stereocenters. The van der Waals surface area contributed by atoms with Gasteiger partial charge in [-0.1, -0.05) is 13.0 Å². The van der Waals surface area contributed by atoms with E-state index in [9.17, 15) is 4.39 Å². The van der Waals surface area contributed by atoms with E-state index in [0.717, 1.165) is 30.8 Å². The average Bonchev–Trinajstić information content (AvgIpc) is 2.45. The molecule has 0 saturated heterocycles. The molecule has 4 nitrogen and oxygen atoms in total. The summed E-state index contributed by atoms with van der Waals surface area (Å²) in [5.41, 5.74) is 2.47. The number of ether oxygens (including phenoxy) is 1. The number of hydrogen-bond acceptors (Lipinski definition) is 4. The smallest absolute Gasteiger partial charge is 0.322 e. The van der Waals surface area contributed by atoms with Crippen molar-refractivity contribution < 1.29 is 9.13 Å². The first-order valence-corrected chi connectivity index (χ1v) is 7.07. The van der Waals surface area contributed by atoms with Gasteiger partial charge in [0.1, 0.15) is 11.6 Å². The molecule has 1 aromatic heterocycles. The molecule has 2 rings (SSSR count). The van der Waals surface area contributed by atoms with Crippen LogP contribution in [-0.2, 0) is 6.54 Å². The zero-order chi connectivity index (χ0) is 15.2. The van der Waals surface area contributed by atoms with Crippen LogP contribution < -0.4 is 10.1 Å². The lowest BCUT2D eigenvalue weighted by molar-refractivity contribution is 0.435. The van der Waals surface area contributed by atoms with Crippen molar-refractivity contribution in [1.29, 1.82) is 0 Å². The SMILES string of the molecule is CCCNCc1cnc(Oc2ccc(C)c(F)c2)nc1C. The van der Waals surface area contributed by atoms with Crippen LogP contribution in [0.3, 0.4) is 0 Å². The standard InChI is InChI=1S/C16H20FN3O/c1-4-7-18-9-13-10-19-16(20-12(13)3)21-14-6-5-11(2)15(17)8-14/h5-6,8,10,18H,4,7,9H2,1-3H3. The molecule has 5 heteroatoms. The number of halogens is 1. The van der Waals surface area contributed by atoms with Crippen molar-refractivity contribution in [1.82, 2.24) is 15.3 Å². The number of nitrogens with zero attached hydrogens (tertiary/aromatic N) is 2. The predicted octanol–water partition coefficient (Wildman–Crippen LogP) is 3.52. The third-order valence-corrected chi connectivity index (χ3v) is 3.15. The van der Waals surface area contributed by atoms with E-state index in [1.54, 1.807) is 25.3 Å². The predicted molar refractivity (Wildman–Crippen MR) is 80.0 cm³/mol. The summed E-state index contributed by atoms with van der Waals surface area (Å²) in [6.45, 7) is 7.43. The number of aromatic nitrogens is 2. The molecule has 1 N–H and O–H groups in total. The van der Waals surface area contributed by atoms with Crippen LogP contribution in [0, 0.1) is 19.7 Å². The van der Waals surface area contributed by atoms with E-state index < -0.39 is 0 Å². The summed E-state index contributed by atoms with van der Waals surface area (Å²) in [7, 11) is 0. The summed E-state index contributed by atoms with van der Waals surface area (Å²) in [5.74, 6) is 0.0963. The van der Waals surface area contributed by atoms with E-state index in [1.807, 2.05) is 6.92 Å². The zero-order valence-corrected chi connectivity index (χ0v) is 12.6. The first kappa shape index (κ1) is 15.4. The Morgan fingerprint density at radius 1 is 1.29 bits per heavy atom. The van der Waals surface area contributed by atoms with Crippen LogP contribution in [0.1, 0.15) is 30.2 Å². The average molecular weight is 289 g/mol. The van der Waals surface area contributed by atoms with Gasteiger partial charge in [-0.15, -0.1) is 0 Å². The maximum absolute atomic E-state index is 13.5. The molecule has 0 aliphatic heterocycles. The molecular formula is C16H20FN3O. The van der Waals surface area contributed by atoms with Crippen LogP contribution >= 0.6 is 0 Å². The number of nitrogens with one attached hydrogen (secondary N) is 1. The van der Waals surface area contributed by atoms with E-state index in [1.165, 1.54) is 6.07 Å². The second kappa shape index (κ2) is 7.13. The molecule has 112 valence electrons. The molecular weight excluding hydrogens is 269 g/mol. The van der Waals surface area contributed by atoms with E-state index >= 15 is 0 Å². The van der Waals surface area contributed by atoms with Gasteiger partial charge in [0, 0.05) is 30.1 Å². The number of aryl methyl sites for hydroxylation is 2. The molecule has 0 bridgehead atoms. The molecule has 0 fully saturated rings. The summed E-state index contributed by atoms with van der Waals surface area (Å²) >= 11 is 0. The van der Waals surface area contributed by atoms with Crippen LogP contribution in [0.25, 0.3) is 0 Å². The fourth-order valence-electron chi connectivity index (χ4n) is 1.84. The Morgan fingerprint density at radius 3 is 2.76 bits per heavy atom. The molecule has 0 saturated carbocycles. The Hall–Kier alpha value is -2.01. The van der Waals surface area contributed by atoms with Gasteiger partial charge in [-0.25, -0.2) is 9.37 Å². The van der Waals surface area contributed by atoms with E-state index in [0.29, 0.717) is 11.3 Å². The fraction of sp³-hybridized carbons (Fsp3) is 0.375. The van der Waals surface area contributed by atoms with Gasteiger partial charge >= 0.3 is 6.01 Å². The summed E-state index contributed by atoms with van der Waals surface area (Å²) in [6, 6.07) is 4.94.